The van der Waals surface area contributed by atoms with Crippen LogP contribution < -0.4 is 10.1 Å². The Labute approximate surface area is 223 Å². The molecular formula is C29H32Cl2N2O3. The van der Waals surface area contributed by atoms with Gasteiger partial charge in [-0.1, -0.05) is 85.6 Å². The van der Waals surface area contributed by atoms with Crippen molar-refractivity contribution in [3.63, 3.8) is 0 Å². The van der Waals surface area contributed by atoms with Gasteiger partial charge in [0.1, 0.15) is 11.8 Å². The number of hydrogen-bond donors (Lipinski definition) is 1. The minimum Gasteiger partial charge on any atom is -0.497 e. The molecule has 1 unspecified atom stereocenters. The first-order chi connectivity index (χ1) is 17.3. The fourth-order valence-electron chi connectivity index (χ4n) is 3.85. The fourth-order valence-corrected chi connectivity index (χ4v) is 4.37. The Kier molecular flexibility index (Phi) is 10.2. The average Bonchev–Trinajstić information content (AvgIpc) is 2.87. The van der Waals surface area contributed by atoms with Crippen molar-refractivity contribution in [2.75, 3.05) is 13.7 Å². The second-order valence-electron chi connectivity index (χ2n) is 9.09. The van der Waals surface area contributed by atoms with Crippen LogP contribution in [0.15, 0.2) is 72.8 Å². The van der Waals surface area contributed by atoms with Gasteiger partial charge in [0, 0.05) is 35.1 Å². The lowest BCUT2D eigenvalue weighted by molar-refractivity contribution is -0.140. The Balaban J connectivity index is 1.99. The molecule has 0 aliphatic heterocycles. The highest BCUT2D eigenvalue weighted by molar-refractivity contribution is 6.36. The maximum absolute atomic E-state index is 13.8. The van der Waals surface area contributed by atoms with Crippen LogP contribution in [0.1, 0.15) is 30.5 Å². The van der Waals surface area contributed by atoms with Crippen molar-refractivity contribution in [3.8, 4) is 5.75 Å². The predicted molar refractivity (Wildman–Crippen MR) is 145 cm³/mol. The summed E-state index contributed by atoms with van der Waals surface area (Å²) in [6.07, 6.45) is 0.482. The third-order valence-electron chi connectivity index (χ3n) is 5.86. The van der Waals surface area contributed by atoms with Crippen LogP contribution >= 0.6 is 23.2 Å². The molecule has 1 N–H and O–H groups in total. The molecular weight excluding hydrogens is 495 g/mol. The molecule has 0 aromatic heterocycles. The Morgan fingerprint density at radius 2 is 1.53 bits per heavy atom. The number of nitrogens with one attached hydrogen (secondary N) is 1. The Morgan fingerprint density at radius 3 is 2.11 bits per heavy atom. The van der Waals surface area contributed by atoms with Crippen molar-refractivity contribution < 1.29 is 14.3 Å². The third-order valence-corrected chi connectivity index (χ3v) is 6.57. The van der Waals surface area contributed by atoms with E-state index in [1.165, 1.54) is 0 Å². The topological polar surface area (TPSA) is 58.6 Å². The van der Waals surface area contributed by atoms with E-state index >= 15 is 0 Å². The molecule has 0 aliphatic rings. The molecule has 0 bridgehead atoms. The molecule has 0 radical (unpaired) electrons. The molecule has 3 aromatic carbocycles. The average molecular weight is 527 g/mol. The van der Waals surface area contributed by atoms with E-state index in [2.05, 4.69) is 5.32 Å². The minimum atomic E-state index is -0.746. The lowest BCUT2D eigenvalue weighted by Gasteiger charge is -2.32. The Hall–Kier alpha value is -3.02. The highest BCUT2D eigenvalue weighted by atomic mass is 35.5. The highest BCUT2D eigenvalue weighted by Gasteiger charge is 2.31. The van der Waals surface area contributed by atoms with Crippen LogP contribution in [0.25, 0.3) is 0 Å². The van der Waals surface area contributed by atoms with Crippen LogP contribution in [0, 0.1) is 5.92 Å². The van der Waals surface area contributed by atoms with Crippen LogP contribution in [0.5, 0.6) is 5.75 Å². The van der Waals surface area contributed by atoms with Gasteiger partial charge in [-0.25, -0.2) is 0 Å². The first-order valence-electron chi connectivity index (χ1n) is 12.0. The smallest absolute Gasteiger partial charge is 0.243 e. The monoisotopic (exact) mass is 526 g/mol. The molecule has 0 heterocycles. The number of amides is 2. The summed E-state index contributed by atoms with van der Waals surface area (Å²) in [6, 6.07) is 21.5. The Bertz CT molecular complexity index is 1130. The Morgan fingerprint density at radius 1 is 0.889 bits per heavy atom. The number of rotatable bonds is 11. The largest absolute Gasteiger partial charge is 0.497 e. The van der Waals surface area contributed by atoms with E-state index in [9.17, 15) is 9.59 Å². The van der Waals surface area contributed by atoms with E-state index in [0.717, 1.165) is 11.1 Å². The van der Waals surface area contributed by atoms with Crippen molar-refractivity contribution in [1.29, 1.82) is 0 Å². The summed E-state index contributed by atoms with van der Waals surface area (Å²) in [5, 5.41) is 3.92. The van der Waals surface area contributed by atoms with Gasteiger partial charge in [0.2, 0.25) is 11.8 Å². The van der Waals surface area contributed by atoms with Gasteiger partial charge >= 0.3 is 0 Å². The molecule has 190 valence electrons. The van der Waals surface area contributed by atoms with Gasteiger partial charge in [-0.2, -0.15) is 0 Å². The van der Waals surface area contributed by atoms with Gasteiger partial charge in [-0.05, 0) is 41.3 Å². The quantitative estimate of drug-likeness (QED) is 0.335. The van der Waals surface area contributed by atoms with Crippen molar-refractivity contribution in [1.82, 2.24) is 10.2 Å². The lowest BCUT2D eigenvalue weighted by atomic mass is 10.0. The lowest BCUT2D eigenvalue weighted by Crippen LogP contribution is -2.51. The van der Waals surface area contributed by atoms with E-state index in [1.807, 2.05) is 68.4 Å². The molecule has 0 saturated heterocycles. The van der Waals surface area contributed by atoms with Gasteiger partial charge in [0.25, 0.3) is 0 Å². The maximum atomic E-state index is 13.8. The zero-order valence-electron chi connectivity index (χ0n) is 20.8. The summed E-state index contributed by atoms with van der Waals surface area (Å²) in [7, 11) is 1.60. The number of carbonyl (C=O) groups excluding carboxylic acids is 2. The SMILES string of the molecule is COc1ccc(CC(=O)N(Cc2c(Cl)cccc2Cl)C(Cc2ccccc2)C(=O)NCC(C)C)cc1. The van der Waals surface area contributed by atoms with Gasteiger partial charge in [0.05, 0.1) is 13.5 Å². The molecule has 0 aliphatic carbocycles. The molecule has 36 heavy (non-hydrogen) atoms. The maximum Gasteiger partial charge on any atom is 0.243 e. The van der Waals surface area contributed by atoms with E-state index < -0.39 is 6.04 Å². The molecule has 7 heteroatoms. The molecule has 0 saturated carbocycles. The first-order valence-corrected chi connectivity index (χ1v) is 12.7. The normalized spacial score (nSPS) is 11.7. The number of hydrogen-bond acceptors (Lipinski definition) is 3. The second-order valence-corrected chi connectivity index (χ2v) is 9.91. The van der Waals surface area contributed by atoms with Crippen molar-refractivity contribution >= 4 is 35.0 Å². The van der Waals surface area contributed by atoms with Crippen LogP contribution in [-0.4, -0.2) is 36.4 Å². The van der Waals surface area contributed by atoms with Gasteiger partial charge in [0.15, 0.2) is 0 Å². The van der Waals surface area contributed by atoms with Gasteiger partial charge in [-0.15, -0.1) is 0 Å². The summed E-state index contributed by atoms with van der Waals surface area (Å²) in [6.45, 7) is 4.68. The summed E-state index contributed by atoms with van der Waals surface area (Å²) in [4.78, 5) is 28.9. The zero-order valence-corrected chi connectivity index (χ0v) is 22.4. The summed E-state index contributed by atoms with van der Waals surface area (Å²) < 4.78 is 5.23. The van der Waals surface area contributed by atoms with Crippen LogP contribution in [-0.2, 0) is 29.0 Å². The molecule has 0 fully saturated rings. The molecule has 5 nitrogen and oxygen atoms in total. The number of nitrogens with zero attached hydrogens (tertiary/aromatic N) is 1. The van der Waals surface area contributed by atoms with Crippen molar-refractivity contribution in [3.05, 3.63) is 99.5 Å². The molecule has 0 spiro atoms. The van der Waals surface area contributed by atoms with Gasteiger partial charge in [-0.3, -0.25) is 9.59 Å². The summed E-state index contributed by atoms with van der Waals surface area (Å²) in [5.74, 6) is 0.573. The van der Waals surface area contributed by atoms with E-state index in [4.69, 9.17) is 27.9 Å². The van der Waals surface area contributed by atoms with Crippen molar-refractivity contribution in [2.45, 2.75) is 39.3 Å². The molecule has 3 rings (SSSR count). The molecule has 1 atom stereocenters. The number of carbonyl (C=O) groups is 2. The molecule has 2 amide bonds. The highest BCUT2D eigenvalue weighted by Crippen LogP contribution is 2.27. The van der Waals surface area contributed by atoms with E-state index in [0.29, 0.717) is 34.3 Å². The number of benzene rings is 3. The van der Waals surface area contributed by atoms with Crippen LogP contribution in [0.4, 0.5) is 0 Å². The molecule has 3 aromatic rings. The van der Waals surface area contributed by atoms with Gasteiger partial charge < -0.3 is 15.0 Å². The zero-order chi connectivity index (χ0) is 26.1. The fraction of sp³-hybridized carbons (Fsp3) is 0.310. The minimum absolute atomic E-state index is 0.111. The number of halogens is 2. The third kappa shape index (κ3) is 7.74. The van der Waals surface area contributed by atoms with E-state index in [-0.39, 0.29) is 30.7 Å². The number of ether oxygens (including phenoxy) is 1. The first kappa shape index (κ1) is 27.6. The standard InChI is InChI=1S/C29H32Cl2N2O3/c1-20(2)18-32-29(35)27(16-21-8-5-4-6-9-21)33(19-24-25(30)10-7-11-26(24)31)28(34)17-22-12-14-23(36-3)15-13-22/h4-15,20,27H,16-19H2,1-3H3,(H,32,35). The summed E-state index contributed by atoms with van der Waals surface area (Å²) >= 11 is 13.0. The van der Waals surface area contributed by atoms with E-state index in [1.54, 1.807) is 30.2 Å². The van der Waals surface area contributed by atoms with Crippen molar-refractivity contribution in [2.24, 2.45) is 5.92 Å². The van der Waals surface area contributed by atoms with Crippen LogP contribution in [0.3, 0.4) is 0 Å². The summed E-state index contributed by atoms with van der Waals surface area (Å²) in [5.41, 5.74) is 2.38. The predicted octanol–water partition coefficient (Wildman–Crippen LogP) is 5.96. The van der Waals surface area contributed by atoms with Crippen LogP contribution in [0.2, 0.25) is 10.0 Å². The number of methoxy groups -OCH3 is 1. The second kappa shape index (κ2) is 13.3.